The number of pyridine rings is 2. The fourth-order valence-electron chi connectivity index (χ4n) is 3.63. The quantitative estimate of drug-likeness (QED) is 0.281. The number of phosphoric ester groups is 1. The fraction of sp³-hybridized carbons (Fsp3) is 0.130. The Kier molecular flexibility index (Phi) is 8.27. The molecule has 1 aromatic carbocycles. The maximum atomic E-state index is 13.5. The van der Waals surface area contributed by atoms with Crippen molar-refractivity contribution in [2.75, 3.05) is 7.11 Å². The SMILES string of the molecule is COc1nccc(/C=C/c2nc3cnccc3c(=O)n2-c2c(C)cccc2C)c1OP(=O)([O-])O.[Na+]. The normalized spacial score (nSPS) is 12.8. The van der Waals surface area contributed by atoms with Crippen LogP contribution in [0.1, 0.15) is 22.5 Å². The molecule has 3 heterocycles. The van der Waals surface area contributed by atoms with Crippen LogP contribution in [0.4, 0.5) is 0 Å². The molecule has 12 heteroatoms. The van der Waals surface area contributed by atoms with Crippen molar-refractivity contribution in [1.82, 2.24) is 19.5 Å². The number of aromatic nitrogens is 4. The number of aryl methyl sites for hydroxylation is 2. The van der Waals surface area contributed by atoms with Gasteiger partial charge in [0.2, 0.25) is 0 Å². The monoisotopic (exact) mass is 502 g/mol. The van der Waals surface area contributed by atoms with Crippen molar-refractivity contribution in [3.05, 3.63) is 81.8 Å². The number of phosphoric acid groups is 1. The smallest absolute Gasteiger partial charge is 0.746 e. The van der Waals surface area contributed by atoms with E-state index in [4.69, 9.17) is 9.26 Å². The molecule has 3 aromatic heterocycles. The van der Waals surface area contributed by atoms with E-state index in [0.29, 0.717) is 16.6 Å². The van der Waals surface area contributed by atoms with E-state index >= 15 is 0 Å². The summed E-state index contributed by atoms with van der Waals surface area (Å²) in [7, 11) is -3.86. The molecular formula is C23H20N4NaO6P. The van der Waals surface area contributed by atoms with Crippen LogP contribution < -0.4 is 49.3 Å². The fourth-order valence-corrected chi connectivity index (χ4v) is 4.05. The van der Waals surface area contributed by atoms with Crippen LogP contribution in [0.2, 0.25) is 0 Å². The van der Waals surface area contributed by atoms with Gasteiger partial charge in [-0.15, -0.1) is 0 Å². The first-order valence-electron chi connectivity index (χ1n) is 10.1. The maximum Gasteiger partial charge on any atom is 1.00 e. The third kappa shape index (κ3) is 5.70. The molecule has 0 saturated heterocycles. The van der Waals surface area contributed by atoms with E-state index in [1.165, 1.54) is 48.5 Å². The molecule has 0 spiro atoms. The molecule has 1 N–H and O–H groups in total. The molecular weight excluding hydrogens is 482 g/mol. The molecule has 0 bridgehead atoms. The molecule has 0 amide bonds. The average molecular weight is 502 g/mol. The van der Waals surface area contributed by atoms with Crippen LogP contribution in [-0.4, -0.2) is 31.5 Å². The van der Waals surface area contributed by atoms with Crippen molar-refractivity contribution < 1.29 is 53.2 Å². The van der Waals surface area contributed by atoms with Gasteiger partial charge in [-0.25, -0.2) is 9.97 Å². The molecule has 0 radical (unpaired) electrons. The van der Waals surface area contributed by atoms with Crippen LogP contribution in [0.25, 0.3) is 28.7 Å². The van der Waals surface area contributed by atoms with Crippen LogP contribution in [0.3, 0.4) is 0 Å². The number of rotatable bonds is 6. The van der Waals surface area contributed by atoms with E-state index in [1.807, 2.05) is 32.0 Å². The van der Waals surface area contributed by atoms with Crippen LogP contribution in [-0.2, 0) is 4.57 Å². The number of fused-ring (bicyclic) bond motifs is 1. The molecule has 4 aromatic rings. The van der Waals surface area contributed by atoms with Crippen molar-refractivity contribution in [3.63, 3.8) is 0 Å². The summed E-state index contributed by atoms with van der Waals surface area (Å²) in [5.41, 5.74) is 2.76. The molecule has 0 fully saturated rings. The Morgan fingerprint density at radius 2 is 1.83 bits per heavy atom. The van der Waals surface area contributed by atoms with Crippen LogP contribution in [0, 0.1) is 13.8 Å². The number of para-hydroxylation sites is 1. The van der Waals surface area contributed by atoms with Gasteiger partial charge >= 0.3 is 37.4 Å². The van der Waals surface area contributed by atoms with Gasteiger partial charge in [-0.05, 0) is 49.3 Å². The van der Waals surface area contributed by atoms with E-state index in [-0.39, 0.29) is 58.1 Å². The second-order valence-electron chi connectivity index (χ2n) is 7.38. The first kappa shape index (κ1) is 26.7. The standard InChI is InChI=1S/C23H21N4O6P.Na/c1-14-5-4-6-15(2)20(14)27-19(26-18-13-24-11-10-17(18)23(27)28)8-7-16-9-12-25-22(32-3)21(16)33-34(29,30)31;/h4-13H,1-3H3,(H2,29,30,31);/q;+1/p-1/b8-7+;. The predicted octanol–water partition coefficient (Wildman–Crippen LogP) is -0.185. The van der Waals surface area contributed by atoms with Crippen LogP contribution in [0.5, 0.6) is 11.6 Å². The molecule has 4 rings (SSSR count). The first-order chi connectivity index (χ1) is 16.2. The van der Waals surface area contributed by atoms with Gasteiger partial charge in [-0.2, -0.15) is 0 Å². The van der Waals surface area contributed by atoms with Gasteiger partial charge in [0.15, 0.2) is 5.75 Å². The summed E-state index contributed by atoms with van der Waals surface area (Å²) in [6, 6.07) is 8.76. The topological polar surface area (TPSA) is 139 Å². The van der Waals surface area contributed by atoms with Crippen molar-refractivity contribution >= 4 is 30.9 Å². The van der Waals surface area contributed by atoms with Gasteiger partial charge in [0.25, 0.3) is 11.4 Å². The zero-order valence-electron chi connectivity index (χ0n) is 19.5. The Morgan fingerprint density at radius 1 is 1.11 bits per heavy atom. The Hall–Kier alpha value is -2.85. The van der Waals surface area contributed by atoms with Gasteiger partial charge < -0.3 is 19.0 Å². The van der Waals surface area contributed by atoms with Gasteiger partial charge in [0.05, 0.1) is 29.9 Å². The summed E-state index contributed by atoms with van der Waals surface area (Å²) in [6.07, 6.45) is 7.43. The molecule has 35 heavy (non-hydrogen) atoms. The Morgan fingerprint density at radius 3 is 2.49 bits per heavy atom. The number of ether oxygens (including phenoxy) is 1. The number of nitrogens with zero attached hydrogens (tertiary/aromatic N) is 4. The van der Waals surface area contributed by atoms with E-state index in [2.05, 4.69) is 15.0 Å². The van der Waals surface area contributed by atoms with Crippen molar-refractivity contribution in [2.24, 2.45) is 0 Å². The van der Waals surface area contributed by atoms with Crippen molar-refractivity contribution in [2.45, 2.75) is 13.8 Å². The van der Waals surface area contributed by atoms with Crippen molar-refractivity contribution in [3.8, 4) is 17.3 Å². The minimum Gasteiger partial charge on any atom is -0.746 e. The predicted molar refractivity (Wildman–Crippen MR) is 125 cm³/mol. The molecule has 0 saturated carbocycles. The minimum atomic E-state index is -5.14. The molecule has 0 aliphatic heterocycles. The molecule has 1 atom stereocenters. The summed E-state index contributed by atoms with van der Waals surface area (Å²) in [4.78, 5) is 46.7. The minimum absolute atomic E-state index is 0. The molecule has 0 aliphatic rings. The second kappa shape index (κ2) is 10.8. The van der Waals surface area contributed by atoms with Crippen LogP contribution in [0.15, 0.2) is 53.7 Å². The number of hydrogen-bond donors (Lipinski definition) is 1. The number of benzene rings is 1. The summed E-state index contributed by atoms with van der Waals surface area (Å²) in [6.45, 7) is 3.79. The second-order valence-corrected chi connectivity index (χ2v) is 8.50. The summed E-state index contributed by atoms with van der Waals surface area (Å²) >= 11 is 0. The number of methoxy groups -OCH3 is 1. The zero-order valence-corrected chi connectivity index (χ0v) is 22.4. The number of hydrogen-bond acceptors (Lipinski definition) is 8. The summed E-state index contributed by atoms with van der Waals surface area (Å²) in [5, 5.41) is 0.400. The maximum absolute atomic E-state index is 13.5. The third-order valence-electron chi connectivity index (χ3n) is 5.08. The van der Waals surface area contributed by atoms with Gasteiger partial charge in [0.1, 0.15) is 5.82 Å². The van der Waals surface area contributed by atoms with Gasteiger partial charge in [-0.3, -0.25) is 18.9 Å². The zero-order chi connectivity index (χ0) is 24.5. The van der Waals surface area contributed by atoms with E-state index < -0.39 is 7.82 Å². The molecule has 1 unspecified atom stereocenters. The largest absolute Gasteiger partial charge is 1.00 e. The molecule has 10 nitrogen and oxygen atoms in total. The summed E-state index contributed by atoms with van der Waals surface area (Å²) in [5.74, 6) is -0.167. The van der Waals surface area contributed by atoms with Gasteiger partial charge in [0, 0.05) is 18.0 Å². The van der Waals surface area contributed by atoms with Gasteiger partial charge in [-0.1, -0.05) is 18.2 Å². The average Bonchev–Trinajstić information content (AvgIpc) is 2.79. The third-order valence-corrected chi connectivity index (χ3v) is 5.49. The van der Waals surface area contributed by atoms with E-state index in [1.54, 1.807) is 6.07 Å². The Balaban J connectivity index is 0.00000342. The van der Waals surface area contributed by atoms with Crippen molar-refractivity contribution in [1.29, 1.82) is 0 Å². The van der Waals surface area contributed by atoms with Crippen LogP contribution >= 0.6 is 7.82 Å². The Bertz CT molecular complexity index is 1510. The van der Waals surface area contributed by atoms with E-state index in [0.717, 1.165) is 11.1 Å². The Labute approximate surface area is 222 Å². The van der Waals surface area contributed by atoms with E-state index in [9.17, 15) is 19.1 Å². The molecule has 0 aliphatic carbocycles. The summed E-state index contributed by atoms with van der Waals surface area (Å²) < 4.78 is 22.7. The first-order valence-corrected chi connectivity index (χ1v) is 11.6. The molecule has 174 valence electrons.